The molecule has 1 aliphatic heterocycles. The van der Waals surface area contributed by atoms with Crippen molar-refractivity contribution in [3.05, 3.63) is 59.1 Å². The first kappa shape index (κ1) is 19.6. The normalized spacial score (nSPS) is 15.7. The van der Waals surface area contributed by atoms with Crippen molar-refractivity contribution in [2.45, 2.75) is 26.7 Å². The predicted octanol–water partition coefficient (Wildman–Crippen LogP) is 3.39. The van der Waals surface area contributed by atoms with Crippen LogP contribution in [-0.2, 0) is 16.0 Å². The van der Waals surface area contributed by atoms with Gasteiger partial charge >= 0.3 is 0 Å². The molecule has 0 saturated carbocycles. The van der Waals surface area contributed by atoms with Gasteiger partial charge in [0.25, 0.3) is 5.95 Å². The molecule has 0 N–H and O–H groups in total. The van der Waals surface area contributed by atoms with Crippen molar-refractivity contribution in [2.24, 2.45) is 0 Å². The first-order valence-electron chi connectivity index (χ1n) is 10.7. The second kappa shape index (κ2) is 8.07. The highest BCUT2D eigenvalue weighted by molar-refractivity contribution is 6.01. The zero-order valence-electron chi connectivity index (χ0n) is 17.8. The van der Waals surface area contributed by atoms with Crippen LogP contribution in [0.25, 0.3) is 23.2 Å². The molecule has 0 radical (unpaired) electrons. The molecular formula is C24H25N5O2. The lowest BCUT2D eigenvalue weighted by Gasteiger charge is -2.29. The number of aryl methyl sites for hydroxylation is 1. The van der Waals surface area contributed by atoms with Crippen molar-refractivity contribution in [1.82, 2.24) is 19.7 Å². The fourth-order valence-electron chi connectivity index (χ4n) is 4.12. The van der Waals surface area contributed by atoms with E-state index in [0.29, 0.717) is 32.0 Å². The van der Waals surface area contributed by atoms with Gasteiger partial charge in [0.15, 0.2) is 5.78 Å². The lowest BCUT2D eigenvalue weighted by molar-refractivity contribution is -0.115. The van der Waals surface area contributed by atoms with Crippen molar-refractivity contribution in [1.29, 1.82) is 0 Å². The number of rotatable bonds is 5. The fourth-order valence-corrected chi connectivity index (χ4v) is 4.12. The summed E-state index contributed by atoms with van der Waals surface area (Å²) >= 11 is 0. The average molecular weight is 415 g/mol. The lowest BCUT2D eigenvalue weighted by Crippen LogP contribution is -2.37. The number of morpholine rings is 1. The molecule has 0 unspecified atom stereocenters. The summed E-state index contributed by atoms with van der Waals surface area (Å²) in [5.74, 6) is 1.56. The molecule has 1 saturated heterocycles. The molecule has 7 heteroatoms. The van der Waals surface area contributed by atoms with Gasteiger partial charge in [0.1, 0.15) is 5.82 Å². The summed E-state index contributed by atoms with van der Waals surface area (Å²) in [6.45, 7) is 6.85. The zero-order chi connectivity index (χ0) is 21.4. The minimum absolute atomic E-state index is 0.160. The molecular weight excluding hydrogens is 390 g/mol. The maximum absolute atomic E-state index is 12.3. The van der Waals surface area contributed by atoms with E-state index in [4.69, 9.17) is 14.7 Å². The van der Waals surface area contributed by atoms with Crippen molar-refractivity contribution >= 4 is 17.7 Å². The Morgan fingerprint density at radius 1 is 1.16 bits per heavy atom. The van der Waals surface area contributed by atoms with E-state index < -0.39 is 0 Å². The van der Waals surface area contributed by atoms with E-state index >= 15 is 0 Å². The number of anilines is 1. The Morgan fingerprint density at radius 2 is 2.00 bits per heavy atom. The molecule has 5 rings (SSSR count). The van der Waals surface area contributed by atoms with E-state index in [0.717, 1.165) is 46.9 Å². The third kappa shape index (κ3) is 3.77. The van der Waals surface area contributed by atoms with Gasteiger partial charge in [-0.3, -0.25) is 4.79 Å². The van der Waals surface area contributed by atoms with Gasteiger partial charge in [-0.05, 0) is 18.6 Å². The van der Waals surface area contributed by atoms with E-state index in [1.807, 2.05) is 31.5 Å². The van der Waals surface area contributed by atoms with E-state index in [1.165, 1.54) is 5.56 Å². The Hall–Kier alpha value is -3.32. The quantitative estimate of drug-likeness (QED) is 0.636. The van der Waals surface area contributed by atoms with Gasteiger partial charge < -0.3 is 9.64 Å². The number of carbonyl (C=O) groups is 1. The number of hydrogen-bond donors (Lipinski definition) is 0. The summed E-state index contributed by atoms with van der Waals surface area (Å²) in [6, 6.07) is 8.33. The van der Waals surface area contributed by atoms with Gasteiger partial charge in [0.2, 0.25) is 0 Å². The standard InChI is InChI=1S/C24H25N5O2/c1-3-22(30)18-12-20-21(13-18)26-24(27-23(20)28-7-9-31-10-8-28)29-15-19(14-25-29)17-6-4-5-16(2)11-17/h4-6,11,13-15H,3,7-10,12H2,1-2H3. The Balaban J connectivity index is 1.56. The maximum Gasteiger partial charge on any atom is 0.253 e. The molecule has 1 aromatic carbocycles. The summed E-state index contributed by atoms with van der Waals surface area (Å²) in [5.41, 5.74) is 5.96. The second-order valence-electron chi connectivity index (χ2n) is 7.98. The molecule has 0 bridgehead atoms. The molecule has 0 spiro atoms. The zero-order valence-corrected chi connectivity index (χ0v) is 17.8. The molecule has 1 aliphatic carbocycles. The van der Waals surface area contributed by atoms with Gasteiger partial charge in [-0.15, -0.1) is 0 Å². The van der Waals surface area contributed by atoms with Crippen LogP contribution in [0.15, 0.2) is 42.2 Å². The highest BCUT2D eigenvalue weighted by atomic mass is 16.5. The maximum atomic E-state index is 12.3. The number of benzene rings is 1. The summed E-state index contributed by atoms with van der Waals surface area (Å²) in [6.07, 6.45) is 6.79. The van der Waals surface area contributed by atoms with Crippen LogP contribution in [0.3, 0.4) is 0 Å². The Morgan fingerprint density at radius 3 is 2.77 bits per heavy atom. The van der Waals surface area contributed by atoms with Crippen molar-refractivity contribution < 1.29 is 9.53 Å². The summed E-state index contributed by atoms with van der Waals surface area (Å²) in [4.78, 5) is 24.2. The largest absolute Gasteiger partial charge is 0.378 e. The number of ketones is 1. The minimum atomic E-state index is 0.160. The number of Topliss-reactive ketones (excluding diaryl/α,β-unsaturated/α-hetero) is 1. The number of nitrogens with zero attached hydrogens (tertiary/aromatic N) is 5. The first-order valence-corrected chi connectivity index (χ1v) is 10.7. The van der Waals surface area contributed by atoms with Crippen LogP contribution in [-0.4, -0.2) is 51.8 Å². The molecule has 0 amide bonds. The highest BCUT2D eigenvalue weighted by Gasteiger charge is 2.27. The van der Waals surface area contributed by atoms with Gasteiger partial charge in [-0.2, -0.15) is 10.1 Å². The number of carbonyl (C=O) groups excluding carboxylic acids is 1. The van der Waals surface area contributed by atoms with E-state index in [1.54, 1.807) is 4.68 Å². The van der Waals surface area contributed by atoms with Crippen LogP contribution in [0.2, 0.25) is 0 Å². The molecule has 3 heterocycles. The van der Waals surface area contributed by atoms with Crippen LogP contribution in [0, 0.1) is 6.92 Å². The average Bonchev–Trinajstić information content (AvgIpc) is 3.46. The second-order valence-corrected chi connectivity index (χ2v) is 7.98. The summed E-state index contributed by atoms with van der Waals surface area (Å²) in [7, 11) is 0. The van der Waals surface area contributed by atoms with Crippen molar-refractivity contribution in [2.75, 3.05) is 31.2 Å². The van der Waals surface area contributed by atoms with Crippen molar-refractivity contribution in [3.8, 4) is 17.1 Å². The number of fused-ring (bicyclic) bond motifs is 1. The predicted molar refractivity (Wildman–Crippen MR) is 119 cm³/mol. The Labute approximate surface area is 181 Å². The number of allylic oxidation sites excluding steroid dienone is 1. The van der Waals surface area contributed by atoms with Crippen molar-refractivity contribution in [3.63, 3.8) is 0 Å². The molecule has 158 valence electrons. The Kier molecular flexibility index (Phi) is 5.11. The molecule has 1 fully saturated rings. The lowest BCUT2D eigenvalue weighted by atomic mass is 10.1. The minimum Gasteiger partial charge on any atom is -0.378 e. The number of ether oxygens (including phenoxy) is 1. The third-order valence-electron chi connectivity index (χ3n) is 5.81. The SMILES string of the molecule is CCC(=O)C1=Cc2nc(-n3cc(-c4cccc(C)c4)cn3)nc(N3CCOCC3)c2C1. The van der Waals surface area contributed by atoms with Gasteiger partial charge in [0.05, 0.1) is 25.1 Å². The van der Waals surface area contributed by atoms with Crippen LogP contribution in [0.1, 0.15) is 30.2 Å². The molecule has 7 nitrogen and oxygen atoms in total. The van der Waals surface area contributed by atoms with Gasteiger partial charge in [-0.1, -0.05) is 36.8 Å². The fraction of sp³-hybridized carbons (Fsp3) is 0.333. The summed E-state index contributed by atoms with van der Waals surface area (Å²) in [5, 5.41) is 4.54. The van der Waals surface area contributed by atoms with Gasteiger partial charge in [0, 0.05) is 48.8 Å². The smallest absolute Gasteiger partial charge is 0.253 e. The van der Waals surface area contributed by atoms with E-state index in [2.05, 4.69) is 35.1 Å². The Bertz CT molecular complexity index is 1170. The van der Waals surface area contributed by atoms with Crippen LogP contribution < -0.4 is 4.90 Å². The third-order valence-corrected chi connectivity index (χ3v) is 5.81. The van der Waals surface area contributed by atoms with Gasteiger partial charge in [-0.25, -0.2) is 9.67 Å². The molecule has 31 heavy (non-hydrogen) atoms. The summed E-state index contributed by atoms with van der Waals surface area (Å²) < 4.78 is 7.24. The van der Waals surface area contributed by atoms with Crippen LogP contribution >= 0.6 is 0 Å². The highest BCUT2D eigenvalue weighted by Crippen LogP contribution is 2.33. The van der Waals surface area contributed by atoms with Crippen LogP contribution in [0.5, 0.6) is 0 Å². The van der Waals surface area contributed by atoms with E-state index in [9.17, 15) is 4.79 Å². The molecule has 0 atom stereocenters. The van der Waals surface area contributed by atoms with Crippen LogP contribution in [0.4, 0.5) is 5.82 Å². The topological polar surface area (TPSA) is 73.1 Å². The monoisotopic (exact) mass is 415 g/mol. The van der Waals surface area contributed by atoms with E-state index in [-0.39, 0.29) is 5.78 Å². The molecule has 2 aromatic heterocycles. The molecule has 3 aromatic rings. The number of aromatic nitrogens is 4. The molecule has 2 aliphatic rings. The number of hydrogen-bond acceptors (Lipinski definition) is 6. The first-order chi connectivity index (χ1) is 15.1.